The summed E-state index contributed by atoms with van der Waals surface area (Å²) in [6, 6.07) is 6.89. The standard InChI is InChI=1S/C34H34F2N6O2/c1-3-24-27(35)8-5-20-13-23(43)14-25(28(20)24)30-29(36)31-26(15-37-30)32(41-16-21-6-7-22(17-41)38-21)40-33(39-31)44-18-34-10-4-12-42(34)19(2)9-11-34/h1,5,8,13-15,19,21-22,38,43H,4,6-7,9-12,16-18H2,2H3/t19-,21?,22?,34?/m0/s1. The molecule has 4 fully saturated rings. The third-order valence-corrected chi connectivity index (χ3v) is 10.3. The molecule has 8 rings (SSSR count). The zero-order chi connectivity index (χ0) is 30.2. The number of benzene rings is 2. The number of hydrogen-bond donors (Lipinski definition) is 2. The fourth-order valence-electron chi connectivity index (χ4n) is 8.21. The first-order valence-corrected chi connectivity index (χ1v) is 15.5. The zero-order valence-electron chi connectivity index (χ0n) is 24.6. The van der Waals surface area contributed by atoms with E-state index in [1.165, 1.54) is 24.3 Å². The van der Waals surface area contributed by atoms with Crippen LogP contribution in [0.5, 0.6) is 11.8 Å². The second-order valence-electron chi connectivity index (χ2n) is 12.9. The van der Waals surface area contributed by atoms with Gasteiger partial charge in [0.2, 0.25) is 0 Å². The Bertz CT molecular complexity index is 1850. The number of phenolic OH excluding ortho intramolecular Hbond substituents is 1. The summed E-state index contributed by atoms with van der Waals surface area (Å²) >= 11 is 0. The number of halogens is 2. The second-order valence-corrected chi connectivity index (χ2v) is 12.9. The lowest BCUT2D eigenvalue weighted by atomic mass is 9.95. The van der Waals surface area contributed by atoms with Crippen molar-refractivity contribution in [3.8, 4) is 35.4 Å². The quantitative estimate of drug-likeness (QED) is 0.306. The number of nitrogens with zero attached hydrogens (tertiary/aromatic N) is 5. The lowest BCUT2D eigenvalue weighted by Crippen LogP contribution is -2.51. The number of piperazine rings is 1. The summed E-state index contributed by atoms with van der Waals surface area (Å²) in [5.74, 6) is 1.56. The Morgan fingerprint density at radius 1 is 1.14 bits per heavy atom. The molecule has 0 radical (unpaired) electrons. The molecule has 8 nitrogen and oxygen atoms in total. The molecule has 226 valence electrons. The van der Waals surface area contributed by atoms with Gasteiger partial charge in [-0.3, -0.25) is 9.88 Å². The summed E-state index contributed by atoms with van der Waals surface area (Å²) in [6.07, 6.45) is 13.8. The van der Waals surface area contributed by atoms with E-state index in [0.717, 1.165) is 58.2 Å². The minimum absolute atomic E-state index is 0.0198. The number of anilines is 1. The number of nitrogens with one attached hydrogen (secondary N) is 1. The van der Waals surface area contributed by atoms with Gasteiger partial charge in [0.25, 0.3) is 0 Å². The van der Waals surface area contributed by atoms with Gasteiger partial charge in [0.15, 0.2) is 5.82 Å². The topological polar surface area (TPSA) is 86.6 Å². The maximum Gasteiger partial charge on any atom is 0.319 e. The summed E-state index contributed by atoms with van der Waals surface area (Å²) in [4.78, 5) is 18.8. The summed E-state index contributed by atoms with van der Waals surface area (Å²) in [5.41, 5.74) is 0.103. The maximum absolute atomic E-state index is 16.8. The summed E-state index contributed by atoms with van der Waals surface area (Å²) in [7, 11) is 0. The largest absolute Gasteiger partial charge is 0.508 e. The molecule has 3 unspecified atom stereocenters. The van der Waals surface area contributed by atoms with E-state index in [1.54, 1.807) is 6.20 Å². The Morgan fingerprint density at radius 2 is 1.95 bits per heavy atom. The van der Waals surface area contributed by atoms with Gasteiger partial charge >= 0.3 is 6.01 Å². The number of ether oxygens (including phenoxy) is 1. The molecule has 0 spiro atoms. The van der Waals surface area contributed by atoms with Crippen LogP contribution in [-0.4, -0.2) is 74.9 Å². The van der Waals surface area contributed by atoms with Gasteiger partial charge in [-0.25, -0.2) is 8.78 Å². The van der Waals surface area contributed by atoms with Crippen LogP contribution in [0.25, 0.3) is 32.9 Å². The minimum atomic E-state index is -0.705. The van der Waals surface area contributed by atoms with Crippen LogP contribution in [0.15, 0.2) is 30.5 Å². The van der Waals surface area contributed by atoms with Gasteiger partial charge in [-0.05, 0) is 75.6 Å². The molecular weight excluding hydrogens is 562 g/mol. The van der Waals surface area contributed by atoms with E-state index in [9.17, 15) is 9.50 Å². The molecule has 4 aromatic rings. The van der Waals surface area contributed by atoms with Crippen LogP contribution in [0.4, 0.5) is 14.6 Å². The molecule has 10 heteroatoms. The molecule has 2 N–H and O–H groups in total. The fraction of sp³-hybridized carbons (Fsp3) is 0.441. The van der Waals surface area contributed by atoms with Crippen LogP contribution in [-0.2, 0) is 0 Å². The Morgan fingerprint density at radius 3 is 2.75 bits per heavy atom. The number of phenols is 1. The van der Waals surface area contributed by atoms with E-state index in [-0.39, 0.29) is 39.6 Å². The van der Waals surface area contributed by atoms with E-state index in [4.69, 9.17) is 16.1 Å². The highest BCUT2D eigenvalue weighted by molar-refractivity contribution is 6.03. The molecule has 44 heavy (non-hydrogen) atoms. The average Bonchev–Trinajstić information content (AvgIpc) is 3.69. The van der Waals surface area contributed by atoms with Crippen molar-refractivity contribution < 1.29 is 18.6 Å². The van der Waals surface area contributed by atoms with Crippen molar-refractivity contribution >= 4 is 27.5 Å². The van der Waals surface area contributed by atoms with Crippen LogP contribution in [0, 0.1) is 24.0 Å². The van der Waals surface area contributed by atoms with E-state index in [0.29, 0.717) is 46.7 Å². The first kappa shape index (κ1) is 27.5. The molecule has 2 bridgehead atoms. The SMILES string of the molecule is C#Cc1c(F)ccc2cc(O)cc(-c3ncc4c(N5CC6CCC(C5)N6)nc(OCC56CCCN5[C@@H](C)CC6)nc4c3F)c12. The number of hydrogen-bond acceptors (Lipinski definition) is 8. The molecule has 6 heterocycles. The Labute approximate surface area is 254 Å². The van der Waals surface area contributed by atoms with Gasteiger partial charge in [-0.1, -0.05) is 12.0 Å². The van der Waals surface area contributed by atoms with E-state index >= 15 is 4.39 Å². The molecule has 0 saturated carbocycles. The first-order chi connectivity index (χ1) is 21.3. The molecule has 4 atom stereocenters. The van der Waals surface area contributed by atoms with Crippen molar-refractivity contribution in [2.45, 2.75) is 69.1 Å². The monoisotopic (exact) mass is 596 g/mol. The molecule has 2 aromatic carbocycles. The molecular formula is C34H34F2N6O2. The van der Waals surface area contributed by atoms with E-state index in [1.807, 2.05) is 0 Å². The van der Waals surface area contributed by atoms with Crippen LogP contribution in [0.2, 0.25) is 0 Å². The van der Waals surface area contributed by atoms with Gasteiger partial charge in [0, 0.05) is 48.4 Å². The number of rotatable bonds is 5. The smallest absolute Gasteiger partial charge is 0.319 e. The Hall–Kier alpha value is -4.07. The number of pyridine rings is 1. The lowest BCUT2D eigenvalue weighted by Gasteiger charge is -2.35. The van der Waals surface area contributed by atoms with Crippen LogP contribution < -0.4 is 15.0 Å². The molecule has 4 saturated heterocycles. The van der Waals surface area contributed by atoms with Crippen molar-refractivity contribution in [2.24, 2.45) is 0 Å². The number of terminal acetylenes is 1. The highest BCUT2D eigenvalue weighted by Gasteiger charge is 2.48. The Balaban J connectivity index is 1.28. The van der Waals surface area contributed by atoms with Crippen molar-refractivity contribution in [1.82, 2.24) is 25.2 Å². The maximum atomic E-state index is 16.8. The highest BCUT2D eigenvalue weighted by atomic mass is 19.1. The highest BCUT2D eigenvalue weighted by Crippen LogP contribution is 2.43. The number of fused-ring (bicyclic) bond motifs is 5. The van der Waals surface area contributed by atoms with Crippen molar-refractivity contribution in [3.05, 3.63) is 47.7 Å². The number of aromatic hydroxyl groups is 1. The van der Waals surface area contributed by atoms with E-state index in [2.05, 4.69) is 37.9 Å². The normalized spacial score (nSPS) is 26.4. The Kier molecular flexibility index (Phi) is 6.40. The summed E-state index contributed by atoms with van der Waals surface area (Å²) in [5, 5.41) is 15.4. The van der Waals surface area contributed by atoms with Crippen LogP contribution >= 0.6 is 0 Å². The fourth-order valence-corrected chi connectivity index (χ4v) is 8.21. The summed E-state index contributed by atoms with van der Waals surface area (Å²) in [6.45, 7) is 5.24. The van der Waals surface area contributed by atoms with Crippen LogP contribution in [0.3, 0.4) is 0 Å². The van der Waals surface area contributed by atoms with Gasteiger partial charge in [0.1, 0.15) is 35.2 Å². The molecule has 4 aliphatic rings. The van der Waals surface area contributed by atoms with Crippen molar-refractivity contribution in [1.29, 1.82) is 0 Å². The van der Waals surface area contributed by atoms with Crippen LogP contribution in [0.1, 0.15) is 51.0 Å². The predicted octanol–water partition coefficient (Wildman–Crippen LogP) is 5.15. The molecule has 4 aliphatic heterocycles. The molecule has 0 amide bonds. The van der Waals surface area contributed by atoms with Gasteiger partial charge in [-0.2, -0.15) is 9.97 Å². The van der Waals surface area contributed by atoms with Crippen molar-refractivity contribution in [2.75, 3.05) is 31.1 Å². The molecule has 2 aromatic heterocycles. The van der Waals surface area contributed by atoms with Gasteiger partial charge in [0.05, 0.1) is 16.5 Å². The first-order valence-electron chi connectivity index (χ1n) is 15.5. The van der Waals surface area contributed by atoms with Gasteiger partial charge < -0.3 is 20.1 Å². The average molecular weight is 597 g/mol. The van der Waals surface area contributed by atoms with Crippen molar-refractivity contribution in [3.63, 3.8) is 0 Å². The van der Waals surface area contributed by atoms with Gasteiger partial charge in [-0.15, -0.1) is 6.42 Å². The summed E-state index contributed by atoms with van der Waals surface area (Å²) < 4.78 is 38.0. The lowest BCUT2D eigenvalue weighted by molar-refractivity contribution is 0.0889. The van der Waals surface area contributed by atoms with E-state index < -0.39 is 11.6 Å². The second kappa shape index (κ2) is 10.2. The predicted molar refractivity (Wildman–Crippen MR) is 165 cm³/mol. The number of aromatic nitrogens is 3. The minimum Gasteiger partial charge on any atom is -0.508 e. The zero-order valence-corrected chi connectivity index (χ0v) is 24.6. The third kappa shape index (κ3) is 4.28. The third-order valence-electron chi connectivity index (χ3n) is 10.3. The molecule has 0 aliphatic carbocycles.